The van der Waals surface area contributed by atoms with Crippen molar-refractivity contribution in [2.45, 2.75) is 70.1 Å². The molecule has 0 aliphatic heterocycles. The monoisotopic (exact) mass is 625 g/mol. The van der Waals surface area contributed by atoms with Crippen molar-refractivity contribution in [3.05, 3.63) is 119 Å². The van der Waals surface area contributed by atoms with Crippen molar-refractivity contribution in [1.29, 1.82) is 0 Å². The van der Waals surface area contributed by atoms with Crippen molar-refractivity contribution >= 4 is 34.1 Å². The average molecular weight is 626 g/mol. The molecule has 1 aliphatic rings. The van der Waals surface area contributed by atoms with Crippen molar-refractivity contribution in [3.8, 4) is 0 Å². The van der Waals surface area contributed by atoms with Gasteiger partial charge >= 0.3 is 11.9 Å². The van der Waals surface area contributed by atoms with E-state index in [0.29, 0.717) is 18.0 Å². The number of benzene rings is 3. The van der Waals surface area contributed by atoms with Crippen molar-refractivity contribution in [2.24, 2.45) is 5.16 Å². The molecule has 0 radical (unpaired) electrons. The van der Waals surface area contributed by atoms with E-state index in [1.807, 2.05) is 75.4 Å². The van der Waals surface area contributed by atoms with Crippen LogP contribution in [0.15, 0.2) is 102 Å². The van der Waals surface area contributed by atoms with E-state index in [9.17, 15) is 9.59 Å². The number of oxime groups is 1. The van der Waals surface area contributed by atoms with Crippen LogP contribution in [0.3, 0.4) is 0 Å². The zero-order valence-electron chi connectivity index (χ0n) is 26.1. The van der Waals surface area contributed by atoms with Crippen molar-refractivity contribution in [2.75, 3.05) is 11.9 Å². The Morgan fingerprint density at radius 2 is 1.38 bits per heavy atom. The Hall–Kier alpha value is -4.50. The first kappa shape index (κ1) is 31.9. The number of thiazole rings is 1. The van der Waals surface area contributed by atoms with E-state index < -0.39 is 28.7 Å². The van der Waals surface area contributed by atoms with E-state index in [0.717, 1.165) is 29.5 Å². The number of ether oxygens (including phenoxy) is 2. The third-order valence-electron chi connectivity index (χ3n) is 7.62. The lowest BCUT2D eigenvalue weighted by Gasteiger charge is -2.36. The van der Waals surface area contributed by atoms with E-state index in [-0.39, 0.29) is 18.0 Å². The number of esters is 2. The summed E-state index contributed by atoms with van der Waals surface area (Å²) in [5.74, 6) is -1.18. The molecule has 1 heterocycles. The van der Waals surface area contributed by atoms with E-state index in [2.05, 4.69) is 46.9 Å². The summed E-state index contributed by atoms with van der Waals surface area (Å²) in [6, 6.07) is 30.5. The number of carbonyl (C=O) groups is 2. The van der Waals surface area contributed by atoms with Gasteiger partial charge in [-0.3, -0.25) is 0 Å². The molecular weight excluding hydrogens is 586 g/mol. The Morgan fingerprint density at radius 1 is 0.867 bits per heavy atom. The highest BCUT2D eigenvalue weighted by Gasteiger charge is 2.47. The number of carbonyl (C=O) groups excluding carboxylic acids is 2. The normalized spacial score (nSPS) is 14.9. The molecule has 1 fully saturated rings. The number of rotatable bonds is 11. The summed E-state index contributed by atoms with van der Waals surface area (Å²) in [6.45, 7) is 7.29. The van der Waals surface area contributed by atoms with Gasteiger partial charge in [-0.15, -0.1) is 11.3 Å². The zero-order valence-corrected chi connectivity index (χ0v) is 26.9. The van der Waals surface area contributed by atoms with Crippen molar-refractivity contribution < 1.29 is 23.9 Å². The second-order valence-corrected chi connectivity index (χ2v) is 12.8. The van der Waals surface area contributed by atoms with Crippen LogP contribution in [0.1, 0.15) is 75.8 Å². The third-order valence-corrected chi connectivity index (χ3v) is 8.38. The SMILES string of the molecule is CCOC(=O)/C(=N\OC1(C(=O)OC(C)(C)C)CCCC1)c1csc(NC(c2ccccc2)(c2ccccc2)c2ccccc2)n1. The van der Waals surface area contributed by atoms with Crippen molar-refractivity contribution in [1.82, 2.24) is 4.98 Å². The van der Waals surface area contributed by atoms with E-state index in [1.54, 1.807) is 12.3 Å². The minimum absolute atomic E-state index is 0.110. The number of nitrogens with zero attached hydrogens (tertiary/aromatic N) is 2. The summed E-state index contributed by atoms with van der Waals surface area (Å²) < 4.78 is 11.0. The minimum Gasteiger partial charge on any atom is -0.461 e. The molecular formula is C36H39N3O5S. The molecule has 1 aliphatic carbocycles. The Kier molecular flexibility index (Phi) is 9.68. The molecule has 1 saturated carbocycles. The van der Waals surface area contributed by atoms with Gasteiger partial charge in [0.15, 0.2) is 5.13 Å². The van der Waals surface area contributed by atoms with Crippen molar-refractivity contribution in [3.63, 3.8) is 0 Å². The average Bonchev–Trinajstić information content (AvgIpc) is 3.72. The highest BCUT2D eigenvalue weighted by atomic mass is 32.1. The second-order valence-electron chi connectivity index (χ2n) is 12.0. The summed E-state index contributed by atoms with van der Waals surface area (Å²) in [6.07, 6.45) is 2.46. The maximum absolute atomic E-state index is 13.2. The lowest BCUT2D eigenvalue weighted by Crippen LogP contribution is -2.43. The molecule has 3 aromatic carbocycles. The number of hydrogen-bond acceptors (Lipinski definition) is 9. The fourth-order valence-electron chi connectivity index (χ4n) is 5.55. The van der Waals surface area contributed by atoms with Gasteiger partial charge in [0.05, 0.1) is 6.61 Å². The van der Waals surface area contributed by atoms with Gasteiger partial charge in [0.1, 0.15) is 16.8 Å². The maximum Gasteiger partial charge on any atom is 0.362 e. The summed E-state index contributed by atoms with van der Waals surface area (Å²) in [5.41, 5.74) is 0.447. The molecule has 0 bridgehead atoms. The Balaban J connectivity index is 1.55. The van der Waals surface area contributed by atoms with Crippen LogP contribution in [0.5, 0.6) is 0 Å². The molecule has 5 rings (SSSR count). The Bertz CT molecular complexity index is 1510. The molecule has 234 valence electrons. The quantitative estimate of drug-likeness (QED) is 0.0798. The number of anilines is 1. The van der Waals surface area contributed by atoms with Gasteiger partial charge in [-0.05, 0) is 57.2 Å². The predicted octanol–water partition coefficient (Wildman–Crippen LogP) is 7.49. The fourth-order valence-corrected chi connectivity index (χ4v) is 6.30. The van der Waals surface area contributed by atoms with Crippen LogP contribution in [-0.2, 0) is 29.4 Å². The van der Waals surface area contributed by atoms with Crippen LogP contribution in [0.4, 0.5) is 5.13 Å². The second kappa shape index (κ2) is 13.6. The van der Waals surface area contributed by atoms with Crippen LogP contribution in [0.25, 0.3) is 0 Å². The molecule has 1 aromatic heterocycles. The number of nitrogens with one attached hydrogen (secondary N) is 1. The molecule has 9 heteroatoms. The summed E-state index contributed by atoms with van der Waals surface area (Å²) in [7, 11) is 0. The van der Waals surface area contributed by atoms with Gasteiger partial charge < -0.3 is 19.6 Å². The van der Waals surface area contributed by atoms with Gasteiger partial charge in [-0.2, -0.15) is 0 Å². The fraction of sp³-hybridized carbons (Fsp3) is 0.333. The molecule has 0 saturated heterocycles. The van der Waals surface area contributed by atoms with Gasteiger partial charge in [0, 0.05) is 18.2 Å². The molecule has 4 aromatic rings. The molecule has 1 N–H and O–H groups in total. The lowest BCUT2D eigenvalue weighted by molar-refractivity contribution is -0.183. The van der Waals surface area contributed by atoms with Gasteiger partial charge in [0.25, 0.3) is 0 Å². The van der Waals surface area contributed by atoms with Crippen LogP contribution in [0.2, 0.25) is 0 Å². The highest BCUT2D eigenvalue weighted by Crippen LogP contribution is 2.41. The maximum atomic E-state index is 13.2. The molecule has 45 heavy (non-hydrogen) atoms. The summed E-state index contributed by atoms with van der Waals surface area (Å²) in [5, 5.41) is 10.3. The largest absolute Gasteiger partial charge is 0.461 e. The van der Waals surface area contributed by atoms with Crippen LogP contribution < -0.4 is 5.32 Å². The van der Waals surface area contributed by atoms with E-state index >= 15 is 0 Å². The smallest absolute Gasteiger partial charge is 0.362 e. The summed E-state index contributed by atoms with van der Waals surface area (Å²) >= 11 is 1.34. The number of aromatic nitrogens is 1. The molecule has 0 atom stereocenters. The van der Waals surface area contributed by atoms with Crippen LogP contribution >= 0.6 is 11.3 Å². The van der Waals surface area contributed by atoms with Crippen LogP contribution in [-0.4, -0.2) is 40.4 Å². The molecule has 0 spiro atoms. The molecule has 0 unspecified atom stereocenters. The highest BCUT2D eigenvalue weighted by molar-refractivity contribution is 7.14. The first-order valence-corrected chi connectivity index (χ1v) is 16.1. The van der Waals surface area contributed by atoms with Gasteiger partial charge in [-0.25, -0.2) is 14.6 Å². The Labute approximate surface area is 268 Å². The van der Waals surface area contributed by atoms with E-state index in [4.69, 9.17) is 19.3 Å². The minimum atomic E-state index is -1.27. The molecule has 8 nitrogen and oxygen atoms in total. The summed E-state index contributed by atoms with van der Waals surface area (Å²) in [4.78, 5) is 37.2. The third kappa shape index (κ3) is 7.09. The lowest BCUT2D eigenvalue weighted by atomic mass is 9.77. The first-order chi connectivity index (χ1) is 21.7. The zero-order chi connectivity index (χ0) is 31.9. The topological polar surface area (TPSA) is 99.1 Å². The van der Waals surface area contributed by atoms with E-state index in [1.165, 1.54) is 11.3 Å². The predicted molar refractivity (Wildman–Crippen MR) is 176 cm³/mol. The standard InChI is InChI=1S/C36H39N3O5S/c1-5-42-31(40)30(39-44-35(23-15-16-24-35)32(41)43-34(2,3)4)29-25-45-33(37-29)38-36(26-17-9-6-10-18-26,27-19-11-7-12-20-27)28-21-13-8-14-22-28/h6-14,17-22,25H,5,15-16,23-24H2,1-4H3,(H,37,38)/b39-30-. The van der Waals surface area contributed by atoms with Gasteiger partial charge in [0.2, 0.25) is 11.3 Å². The Morgan fingerprint density at radius 3 is 1.84 bits per heavy atom. The van der Waals surface area contributed by atoms with Crippen LogP contribution in [0, 0.1) is 0 Å². The number of hydrogen-bond donors (Lipinski definition) is 1. The first-order valence-electron chi connectivity index (χ1n) is 15.2. The van der Waals surface area contributed by atoms with Gasteiger partial charge in [-0.1, -0.05) is 96.2 Å². The molecule has 0 amide bonds.